The van der Waals surface area contributed by atoms with Crippen molar-refractivity contribution >= 4 is 37.5 Å². The van der Waals surface area contributed by atoms with Gasteiger partial charge in [-0.05, 0) is 17.7 Å². The number of nitrogens with zero attached hydrogens (tertiary/aromatic N) is 3. The normalized spacial score (nSPS) is 10.8. The number of halogens is 5. The molecule has 0 aliphatic carbocycles. The highest BCUT2D eigenvalue weighted by atomic mass is 79.9. The van der Waals surface area contributed by atoms with Crippen molar-refractivity contribution in [1.29, 1.82) is 0 Å². The molecule has 0 radical (unpaired) electrons. The first-order valence-electron chi connectivity index (χ1n) is 3.63. The van der Waals surface area contributed by atoms with E-state index < -0.39 is 12.1 Å². The molecule has 0 spiro atoms. The average molecular weight is 361 g/mol. The van der Waals surface area contributed by atoms with Crippen molar-refractivity contribution in [2.45, 2.75) is 6.36 Å². The molecule has 0 saturated heterocycles. The van der Waals surface area contributed by atoms with Crippen molar-refractivity contribution in [1.82, 2.24) is 0 Å². The van der Waals surface area contributed by atoms with E-state index in [-0.39, 0.29) is 10.2 Å². The first-order valence-corrected chi connectivity index (χ1v) is 5.22. The van der Waals surface area contributed by atoms with Crippen LogP contribution in [-0.2, 0) is 0 Å². The molecule has 0 N–H and O–H groups in total. The predicted octanol–water partition coefficient (Wildman–Crippen LogP) is 5.05. The lowest BCUT2D eigenvalue weighted by Crippen LogP contribution is -2.17. The molecule has 1 aromatic carbocycles. The van der Waals surface area contributed by atoms with Gasteiger partial charge in [0.15, 0.2) is 0 Å². The van der Waals surface area contributed by atoms with Gasteiger partial charge in [0.2, 0.25) is 0 Å². The van der Waals surface area contributed by atoms with Crippen LogP contribution in [0.1, 0.15) is 0 Å². The molecule has 0 aliphatic rings. The topological polar surface area (TPSA) is 58.0 Å². The van der Waals surface area contributed by atoms with E-state index in [1.54, 1.807) is 0 Å². The smallest absolute Gasteiger partial charge is 0.405 e. The third-order valence-electron chi connectivity index (χ3n) is 1.36. The van der Waals surface area contributed by atoms with E-state index in [2.05, 4.69) is 46.6 Å². The molecule has 0 unspecified atom stereocenters. The van der Waals surface area contributed by atoms with Crippen molar-refractivity contribution < 1.29 is 17.9 Å². The zero-order valence-corrected chi connectivity index (χ0v) is 10.5. The summed E-state index contributed by atoms with van der Waals surface area (Å²) in [4.78, 5) is 2.42. The van der Waals surface area contributed by atoms with Gasteiger partial charge in [-0.2, -0.15) is 0 Å². The third-order valence-corrected chi connectivity index (χ3v) is 2.43. The Morgan fingerprint density at radius 2 is 1.94 bits per heavy atom. The van der Waals surface area contributed by atoms with Gasteiger partial charge in [-0.3, -0.25) is 0 Å². The van der Waals surface area contributed by atoms with Gasteiger partial charge in [-0.25, -0.2) is 0 Å². The lowest BCUT2D eigenvalue weighted by Gasteiger charge is -2.12. The highest BCUT2D eigenvalue weighted by molar-refractivity contribution is 9.11. The molecule has 1 rings (SSSR count). The average Bonchev–Trinajstić information content (AvgIpc) is 2.08. The Balaban J connectivity index is 3.29. The van der Waals surface area contributed by atoms with Crippen LogP contribution in [0.25, 0.3) is 10.4 Å². The van der Waals surface area contributed by atoms with Crippen LogP contribution in [0.5, 0.6) is 5.75 Å². The summed E-state index contributed by atoms with van der Waals surface area (Å²) >= 11 is 5.96. The van der Waals surface area contributed by atoms with Crippen molar-refractivity contribution in [3.05, 3.63) is 31.5 Å². The van der Waals surface area contributed by atoms with Crippen molar-refractivity contribution in [3.8, 4) is 5.75 Å². The van der Waals surface area contributed by atoms with Crippen molar-refractivity contribution in [3.63, 3.8) is 0 Å². The van der Waals surface area contributed by atoms with Gasteiger partial charge in [0, 0.05) is 13.9 Å². The minimum atomic E-state index is -4.85. The van der Waals surface area contributed by atoms with Gasteiger partial charge in [0.25, 0.3) is 0 Å². The number of alkyl halides is 3. The fourth-order valence-electron chi connectivity index (χ4n) is 0.887. The molecule has 0 aliphatic heterocycles. The minimum absolute atomic E-state index is 0.193. The first-order chi connectivity index (χ1) is 7.33. The maximum atomic E-state index is 12.0. The summed E-state index contributed by atoms with van der Waals surface area (Å²) in [7, 11) is 0. The van der Waals surface area contributed by atoms with Crippen molar-refractivity contribution in [2.24, 2.45) is 5.11 Å². The number of hydrogen-bond acceptors (Lipinski definition) is 2. The first kappa shape index (κ1) is 13.1. The maximum Gasteiger partial charge on any atom is 0.573 e. The largest absolute Gasteiger partial charge is 0.573 e. The summed E-state index contributed by atoms with van der Waals surface area (Å²) in [6.45, 7) is 0. The second kappa shape index (κ2) is 4.94. The Morgan fingerprint density at radius 1 is 1.31 bits per heavy atom. The summed E-state index contributed by atoms with van der Waals surface area (Å²) in [5.41, 5.74) is 7.96. The Hall–Kier alpha value is -0.920. The van der Waals surface area contributed by atoms with E-state index in [9.17, 15) is 13.2 Å². The quantitative estimate of drug-likeness (QED) is 0.413. The third kappa shape index (κ3) is 3.58. The Labute approximate surface area is 104 Å². The zero-order chi connectivity index (χ0) is 12.3. The lowest BCUT2D eigenvalue weighted by molar-refractivity contribution is -0.274. The molecule has 0 atom stereocenters. The molecular weight excluding hydrogens is 359 g/mol. The van der Waals surface area contributed by atoms with Crippen LogP contribution < -0.4 is 4.74 Å². The number of hydrogen-bond donors (Lipinski definition) is 0. The van der Waals surface area contributed by atoms with Crippen molar-refractivity contribution in [2.75, 3.05) is 0 Å². The second-order valence-electron chi connectivity index (χ2n) is 2.47. The van der Waals surface area contributed by atoms with Crippen LogP contribution in [0.4, 0.5) is 18.9 Å². The van der Waals surface area contributed by atoms with E-state index in [1.165, 1.54) is 6.07 Å². The Morgan fingerprint density at radius 3 is 2.44 bits per heavy atom. The predicted molar refractivity (Wildman–Crippen MR) is 57.3 cm³/mol. The van der Waals surface area contributed by atoms with E-state index >= 15 is 0 Å². The van der Waals surface area contributed by atoms with Gasteiger partial charge in [-0.15, -0.1) is 13.2 Å². The van der Waals surface area contributed by atoms with Crippen LogP contribution in [-0.4, -0.2) is 6.36 Å². The van der Waals surface area contributed by atoms with Crippen LogP contribution in [0, 0.1) is 0 Å². The molecule has 86 valence electrons. The van der Waals surface area contributed by atoms with Gasteiger partial charge < -0.3 is 4.74 Å². The van der Waals surface area contributed by atoms with Crippen LogP contribution in [0.2, 0.25) is 0 Å². The van der Waals surface area contributed by atoms with Gasteiger partial charge in [0.05, 0.1) is 5.69 Å². The van der Waals surface area contributed by atoms with Crippen LogP contribution >= 0.6 is 31.9 Å². The molecule has 0 fully saturated rings. The molecule has 0 heterocycles. The number of rotatable bonds is 2. The highest BCUT2D eigenvalue weighted by Crippen LogP contribution is 2.40. The molecule has 1 aromatic rings. The molecule has 4 nitrogen and oxygen atoms in total. The molecular formula is C7H2Br2F3N3O. The van der Waals surface area contributed by atoms with E-state index in [0.29, 0.717) is 4.47 Å². The number of benzene rings is 1. The molecule has 0 bridgehead atoms. The van der Waals surface area contributed by atoms with Gasteiger partial charge in [-0.1, -0.05) is 37.0 Å². The van der Waals surface area contributed by atoms with E-state index in [0.717, 1.165) is 6.07 Å². The molecule has 0 aromatic heterocycles. The zero-order valence-electron chi connectivity index (χ0n) is 7.29. The molecule has 0 amide bonds. The molecule has 0 saturated carbocycles. The maximum absolute atomic E-state index is 12.0. The fourth-order valence-corrected chi connectivity index (χ4v) is 2.15. The summed E-state index contributed by atoms with van der Waals surface area (Å²) < 4.78 is 40.4. The summed E-state index contributed by atoms with van der Waals surface area (Å²) in [5.74, 6) is -0.577. The molecule has 16 heavy (non-hydrogen) atoms. The Kier molecular flexibility index (Phi) is 4.06. The number of ether oxygens (including phenoxy) is 1. The lowest BCUT2D eigenvalue weighted by atomic mass is 10.3. The second-order valence-corrected chi connectivity index (χ2v) is 4.24. The summed E-state index contributed by atoms with van der Waals surface area (Å²) in [6, 6.07) is 2.50. The molecule has 9 heteroatoms. The Bertz CT molecular complexity index is 457. The van der Waals surface area contributed by atoms with Gasteiger partial charge in [0.1, 0.15) is 5.75 Å². The SMILES string of the molecule is [N-]=[N+]=Nc1c(Br)cc(Br)cc1OC(F)(F)F. The standard InChI is InChI=1S/C7H2Br2F3N3O/c8-3-1-4(9)6(14-15-13)5(2-3)16-7(10,11)12/h1-2H. The summed E-state index contributed by atoms with van der Waals surface area (Å²) in [5, 5.41) is 3.12. The number of azide groups is 1. The minimum Gasteiger partial charge on any atom is -0.405 e. The van der Waals surface area contributed by atoms with Gasteiger partial charge >= 0.3 is 6.36 Å². The monoisotopic (exact) mass is 359 g/mol. The summed E-state index contributed by atoms with van der Waals surface area (Å²) in [6.07, 6.45) is -4.85. The van der Waals surface area contributed by atoms with Crippen LogP contribution in [0.15, 0.2) is 26.2 Å². The van der Waals surface area contributed by atoms with E-state index in [1.807, 2.05) is 0 Å². The highest BCUT2D eigenvalue weighted by Gasteiger charge is 2.32. The fraction of sp³-hybridized carbons (Fsp3) is 0.143. The van der Waals surface area contributed by atoms with E-state index in [4.69, 9.17) is 5.53 Å². The van der Waals surface area contributed by atoms with Crippen LogP contribution in [0.3, 0.4) is 0 Å².